The lowest BCUT2D eigenvalue weighted by Crippen LogP contribution is -2.34. The predicted molar refractivity (Wildman–Crippen MR) is 81.7 cm³/mol. The van der Waals surface area contributed by atoms with Crippen LogP contribution in [0.5, 0.6) is 0 Å². The highest BCUT2D eigenvalue weighted by Gasteiger charge is 2.22. The van der Waals surface area contributed by atoms with Gasteiger partial charge in [0.05, 0.1) is 0 Å². The molecule has 0 aromatic heterocycles. The molecule has 0 aromatic rings. The molecule has 1 fully saturated rings. The Hall–Kier alpha value is -0.0400. The summed E-state index contributed by atoms with van der Waals surface area (Å²) in [7, 11) is 2.27. The normalized spacial score (nSPS) is 23.3. The zero-order chi connectivity index (χ0) is 13.7. The van der Waals surface area contributed by atoms with E-state index in [0.29, 0.717) is 0 Å². The van der Waals surface area contributed by atoms with Crippen LogP contribution in [-0.4, -0.2) is 24.5 Å². The highest BCUT2D eigenvalue weighted by atomic mass is 15.1. The van der Waals surface area contributed by atoms with Gasteiger partial charge in [-0.15, -0.1) is 0 Å². The Morgan fingerprint density at radius 2 is 1.35 bits per heavy atom. The summed E-state index contributed by atoms with van der Waals surface area (Å²) in [6, 6.07) is 0.887. The van der Waals surface area contributed by atoms with Crippen molar-refractivity contribution in [1.82, 2.24) is 4.90 Å². The minimum atomic E-state index is 0.887. The Morgan fingerprint density at radius 3 is 1.71 bits per heavy atom. The van der Waals surface area contributed by atoms with Crippen LogP contribution in [0.3, 0.4) is 0 Å². The number of nitrogens with zero attached hydrogens (tertiary/aromatic N) is 1. The average Bonchev–Trinajstić information content (AvgIpc) is 2.43. The van der Waals surface area contributed by atoms with Gasteiger partial charge in [-0.3, -0.25) is 0 Å². The van der Waals surface area contributed by atoms with E-state index in [0.717, 1.165) is 12.0 Å². The highest BCUT2D eigenvalue weighted by Crippen LogP contribution is 2.29. The van der Waals surface area contributed by atoms with E-state index >= 15 is 0 Å². The van der Waals surface area contributed by atoms with E-state index in [1.807, 2.05) is 27.7 Å². The average molecular weight is 243 g/mol. The van der Waals surface area contributed by atoms with Crippen molar-refractivity contribution in [1.29, 1.82) is 0 Å². The lowest BCUT2D eigenvalue weighted by atomic mass is 9.83. The zero-order valence-corrected chi connectivity index (χ0v) is 13.6. The maximum Gasteiger partial charge on any atom is 0.00923 e. The molecule has 0 saturated heterocycles. The lowest BCUT2D eigenvalue weighted by molar-refractivity contribution is 0.168. The molecule has 0 bridgehead atoms. The molecule has 0 N–H and O–H groups in total. The fourth-order valence-electron chi connectivity index (χ4n) is 2.54. The summed E-state index contributed by atoms with van der Waals surface area (Å²) in [5.41, 5.74) is 0. The van der Waals surface area contributed by atoms with E-state index in [1.165, 1.54) is 45.1 Å². The van der Waals surface area contributed by atoms with Crippen LogP contribution in [0.15, 0.2) is 0 Å². The molecule has 0 amide bonds. The van der Waals surface area contributed by atoms with Gasteiger partial charge in [0.2, 0.25) is 0 Å². The molecule has 0 unspecified atom stereocenters. The molecule has 1 aliphatic carbocycles. The molecule has 1 aliphatic rings. The maximum absolute atomic E-state index is 2.52. The Morgan fingerprint density at radius 1 is 0.882 bits per heavy atom. The van der Waals surface area contributed by atoms with Crippen molar-refractivity contribution in [3.63, 3.8) is 0 Å². The van der Waals surface area contributed by atoms with Crippen LogP contribution in [-0.2, 0) is 0 Å². The first kappa shape index (κ1) is 19.3. The molecular weight excluding hydrogens is 206 g/mol. The first-order chi connectivity index (χ1) is 8.27. The second-order valence-corrected chi connectivity index (χ2v) is 4.54. The third-order valence-corrected chi connectivity index (χ3v) is 3.64. The van der Waals surface area contributed by atoms with Crippen LogP contribution in [0.2, 0.25) is 0 Å². The zero-order valence-electron chi connectivity index (χ0n) is 13.6. The van der Waals surface area contributed by atoms with Gasteiger partial charge in [0.15, 0.2) is 0 Å². The topological polar surface area (TPSA) is 3.24 Å². The smallest absolute Gasteiger partial charge is 0.00923 e. The van der Waals surface area contributed by atoms with E-state index in [2.05, 4.69) is 25.8 Å². The minimum absolute atomic E-state index is 0.887. The van der Waals surface area contributed by atoms with E-state index in [4.69, 9.17) is 0 Å². The number of hydrogen-bond donors (Lipinski definition) is 0. The molecule has 1 nitrogen and oxygen atoms in total. The monoisotopic (exact) mass is 243 g/mol. The SMILES string of the molecule is CC.CC.CCCC1CCC(N(C)CC)CC1. The van der Waals surface area contributed by atoms with Crippen molar-refractivity contribution < 1.29 is 0 Å². The van der Waals surface area contributed by atoms with Crippen molar-refractivity contribution in [3.8, 4) is 0 Å². The molecule has 1 saturated carbocycles. The van der Waals surface area contributed by atoms with Crippen LogP contribution in [0.1, 0.15) is 80.1 Å². The summed E-state index contributed by atoms with van der Waals surface area (Å²) in [4.78, 5) is 2.52. The quantitative estimate of drug-likeness (QED) is 0.643. The first-order valence-corrected chi connectivity index (χ1v) is 7.98. The van der Waals surface area contributed by atoms with Gasteiger partial charge in [-0.2, -0.15) is 0 Å². The fourth-order valence-corrected chi connectivity index (χ4v) is 2.54. The second kappa shape index (κ2) is 14.0. The summed E-state index contributed by atoms with van der Waals surface area (Å²) < 4.78 is 0. The number of rotatable bonds is 4. The molecular formula is C16H37N. The van der Waals surface area contributed by atoms with Crippen molar-refractivity contribution in [2.75, 3.05) is 13.6 Å². The molecule has 106 valence electrons. The summed E-state index contributed by atoms with van der Waals surface area (Å²) in [5.74, 6) is 1.05. The highest BCUT2D eigenvalue weighted by molar-refractivity contribution is 4.77. The van der Waals surface area contributed by atoms with Crippen molar-refractivity contribution in [3.05, 3.63) is 0 Å². The van der Waals surface area contributed by atoms with Crippen LogP contribution in [0.4, 0.5) is 0 Å². The summed E-state index contributed by atoms with van der Waals surface area (Å²) in [6.45, 7) is 13.8. The molecule has 0 aliphatic heterocycles. The van der Waals surface area contributed by atoms with Gasteiger partial charge >= 0.3 is 0 Å². The Bertz CT molecular complexity index is 125. The molecule has 1 rings (SSSR count). The Balaban J connectivity index is 0. The van der Waals surface area contributed by atoms with Gasteiger partial charge in [-0.05, 0) is 45.2 Å². The minimum Gasteiger partial charge on any atom is -0.304 e. The Kier molecular flexibility index (Phi) is 15.9. The van der Waals surface area contributed by atoms with Crippen LogP contribution >= 0.6 is 0 Å². The van der Waals surface area contributed by atoms with E-state index in [1.54, 1.807) is 0 Å². The summed E-state index contributed by atoms with van der Waals surface area (Å²) in [6.07, 6.45) is 8.66. The molecule has 0 atom stereocenters. The summed E-state index contributed by atoms with van der Waals surface area (Å²) >= 11 is 0. The van der Waals surface area contributed by atoms with Gasteiger partial charge in [0.25, 0.3) is 0 Å². The van der Waals surface area contributed by atoms with Crippen molar-refractivity contribution >= 4 is 0 Å². The van der Waals surface area contributed by atoms with Crippen molar-refractivity contribution in [2.45, 2.75) is 86.1 Å². The molecule has 17 heavy (non-hydrogen) atoms. The maximum atomic E-state index is 2.52. The lowest BCUT2D eigenvalue weighted by Gasteiger charge is -2.34. The van der Waals surface area contributed by atoms with E-state index < -0.39 is 0 Å². The molecule has 1 heteroatoms. The van der Waals surface area contributed by atoms with Gasteiger partial charge in [-0.25, -0.2) is 0 Å². The van der Waals surface area contributed by atoms with Crippen LogP contribution in [0.25, 0.3) is 0 Å². The Labute approximate surface area is 111 Å². The standard InChI is InChI=1S/C12H25N.2C2H6/c1-4-6-11-7-9-12(10-8-11)13(3)5-2;2*1-2/h11-12H,4-10H2,1-3H3;2*1-2H3. The van der Waals surface area contributed by atoms with Gasteiger partial charge in [0.1, 0.15) is 0 Å². The van der Waals surface area contributed by atoms with Crippen molar-refractivity contribution in [2.24, 2.45) is 5.92 Å². The fraction of sp³-hybridized carbons (Fsp3) is 1.00. The summed E-state index contributed by atoms with van der Waals surface area (Å²) in [5, 5.41) is 0. The van der Waals surface area contributed by atoms with Gasteiger partial charge < -0.3 is 4.90 Å². The van der Waals surface area contributed by atoms with Gasteiger partial charge in [0, 0.05) is 6.04 Å². The third kappa shape index (κ3) is 8.65. The third-order valence-electron chi connectivity index (χ3n) is 3.64. The second-order valence-electron chi connectivity index (χ2n) is 4.54. The molecule has 0 radical (unpaired) electrons. The van der Waals surface area contributed by atoms with E-state index in [9.17, 15) is 0 Å². The van der Waals surface area contributed by atoms with E-state index in [-0.39, 0.29) is 0 Å². The predicted octanol–water partition coefficient (Wildman–Crippen LogP) is 5.35. The number of hydrogen-bond acceptors (Lipinski definition) is 1. The largest absolute Gasteiger partial charge is 0.304 e. The van der Waals surface area contributed by atoms with Crippen LogP contribution in [0, 0.1) is 5.92 Å². The van der Waals surface area contributed by atoms with Gasteiger partial charge in [-0.1, -0.05) is 54.4 Å². The molecule has 0 aromatic carbocycles. The molecule has 0 spiro atoms. The van der Waals surface area contributed by atoms with Crippen LogP contribution < -0.4 is 0 Å². The molecule has 0 heterocycles. The first-order valence-electron chi connectivity index (χ1n) is 7.98.